The van der Waals surface area contributed by atoms with Crippen LogP contribution < -0.4 is 4.74 Å². The van der Waals surface area contributed by atoms with Crippen molar-refractivity contribution in [1.82, 2.24) is 0 Å². The van der Waals surface area contributed by atoms with Gasteiger partial charge in [0.15, 0.2) is 0 Å². The minimum absolute atomic E-state index is 0.233. The molecule has 0 aromatic heterocycles. The number of aliphatic hydroxyl groups excluding tert-OH is 1. The lowest BCUT2D eigenvalue weighted by Crippen LogP contribution is -2.25. The van der Waals surface area contributed by atoms with Gasteiger partial charge in [-0.25, -0.2) is 0 Å². The standard InChI is InChI=1S/C15H22O3/c1-12(16)2-3-13-4-6-14(7-5-13)18-15-8-10-17-11-9-15/h4-7,12,15-16H,2-3,8-11H2,1H3. The number of ether oxygens (including phenoxy) is 2. The van der Waals surface area contributed by atoms with Gasteiger partial charge in [-0.2, -0.15) is 0 Å². The van der Waals surface area contributed by atoms with E-state index in [0.717, 1.165) is 44.6 Å². The third-order valence-corrected chi connectivity index (χ3v) is 3.25. The Balaban J connectivity index is 1.83. The maximum Gasteiger partial charge on any atom is 0.119 e. The molecule has 2 rings (SSSR count). The summed E-state index contributed by atoms with van der Waals surface area (Å²) in [5.74, 6) is 0.933. The van der Waals surface area contributed by atoms with Crippen LogP contribution in [0.1, 0.15) is 31.7 Å². The number of aryl methyl sites for hydroxylation is 1. The first-order chi connectivity index (χ1) is 8.74. The molecule has 0 bridgehead atoms. The van der Waals surface area contributed by atoms with Crippen molar-refractivity contribution >= 4 is 0 Å². The molecule has 100 valence electrons. The fourth-order valence-electron chi connectivity index (χ4n) is 2.10. The van der Waals surface area contributed by atoms with Crippen molar-refractivity contribution in [3.05, 3.63) is 29.8 Å². The van der Waals surface area contributed by atoms with Gasteiger partial charge in [-0.3, -0.25) is 0 Å². The minimum Gasteiger partial charge on any atom is -0.490 e. The number of rotatable bonds is 5. The SMILES string of the molecule is CC(O)CCc1ccc(OC2CCOCC2)cc1. The van der Waals surface area contributed by atoms with Gasteiger partial charge in [-0.15, -0.1) is 0 Å². The van der Waals surface area contributed by atoms with E-state index in [-0.39, 0.29) is 6.10 Å². The molecular formula is C15H22O3. The Morgan fingerprint density at radius 2 is 1.94 bits per heavy atom. The molecule has 0 aliphatic carbocycles. The fraction of sp³-hybridized carbons (Fsp3) is 0.600. The molecular weight excluding hydrogens is 228 g/mol. The summed E-state index contributed by atoms with van der Waals surface area (Å²) in [5.41, 5.74) is 1.25. The van der Waals surface area contributed by atoms with Crippen LogP contribution >= 0.6 is 0 Å². The normalized spacial score (nSPS) is 18.6. The minimum atomic E-state index is -0.233. The topological polar surface area (TPSA) is 38.7 Å². The van der Waals surface area contributed by atoms with Crippen LogP contribution in [0, 0.1) is 0 Å². The van der Waals surface area contributed by atoms with Crippen LogP contribution in [-0.4, -0.2) is 30.5 Å². The highest BCUT2D eigenvalue weighted by Crippen LogP contribution is 2.19. The number of benzene rings is 1. The Kier molecular flexibility index (Phi) is 5.02. The van der Waals surface area contributed by atoms with Gasteiger partial charge < -0.3 is 14.6 Å². The lowest BCUT2D eigenvalue weighted by Gasteiger charge is -2.23. The number of hydrogen-bond acceptors (Lipinski definition) is 3. The maximum atomic E-state index is 9.25. The molecule has 1 heterocycles. The Bertz CT molecular complexity index is 339. The van der Waals surface area contributed by atoms with Crippen molar-refractivity contribution in [2.45, 2.75) is 44.8 Å². The van der Waals surface area contributed by atoms with E-state index in [1.165, 1.54) is 5.56 Å². The van der Waals surface area contributed by atoms with Crippen LogP contribution in [0.5, 0.6) is 5.75 Å². The molecule has 1 fully saturated rings. The van der Waals surface area contributed by atoms with Gasteiger partial charge in [0.25, 0.3) is 0 Å². The molecule has 18 heavy (non-hydrogen) atoms. The van der Waals surface area contributed by atoms with Gasteiger partial charge in [0, 0.05) is 12.8 Å². The maximum absolute atomic E-state index is 9.25. The molecule has 1 saturated heterocycles. The zero-order valence-corrected chi connectivity index (χ0v) is 11.0. The van der Waals surface area contributed by atoms with E-state index in [4.69, 9.17) is 9.47 Å². The molecule has 1 unspecified atom stereocenters. The van der Waals surface area contributed by atoms with Crippen LogP contribution in [0.3, 0.4) is 0 Å². The van der Waals surface area contributed by atoms with Crippen molar-refractivity contribution in [3.8, 4) is 5.75 Å². The molecule has 1 atom stereocenters. The molecule has 1 aliphatic heterocycles. The Morgan fingerprint density at radius 3 is 2.56 bits per heavy atom. The molecule has 1 aromatic rings. The molecule has 3 heteroatoms. The van der Waals surface area contributed by atoms with Crippen LogP contribution in [-0.2, 0) is 11.2 Å². The van der Waals surface area contributed by atoms with Crippen LogP contribution in [0.2, 0.25) is 0 Å². The second kappa shape index (κ2) is 6.76. The Hall–Kier alpha value is -1.06. The third-order valence-electron chi connectivity index (χ3n) is 3.25. The van der Waals surface area contributed by atoms with Crippen molar-refractivity contribution in [3.63, 3.8) is 0 Å². The predicted octanol–water partition coefficient (Wildman–Crippen LogP) is 2.56. The molecule has 0 amide bonds. The summed E-state index contributed by atoms with van der Waals surface area (Å²) >= 11 is 0. The summed E-state index contributed by atoms with van der Waals surface area (Å²) in [6, 6.07) is 8.20. The van der Waals surface area contributed by atoms with Crippen LogP contribution in [0.25, 0.3) is 0 Å². The zero-order valence-electron chi connectivity index (χ0n) is 11.0. The first kappa shape index (κ1) is 13.4. The fourth-order valence-corrected chi connectivity index (χ4v) is 2.10. The lowest BCUT2D eigenvalue weighted by atomic mass is 10.1. The van der Waals surface area contributed by atoms with Gasteiger partial charge >= 0.3 is 0 Å². The second-order valence-corrected chi connectivity index (χ2v) is 4.96. The summed E-state index contributed by atoms with van der Waals surface area (Å²) in [5, 5.41) is 9.25. The first-order valence-corrected chi connectivity index (χ1v) is 6.75. The Morgan fingerprint density at radius 1 is 1.28 bits per heavy atom. The van der Waals surface area contributed by atoms with E-state index in [1.54, 1.807) is 0 Å². The van der Waals surface area contributed by atoms with Gasteiger partial charge in [0.2, 0.25) is 0 Å². The summed E-state index contributed by atoms with van der Waals surface area (Å²) in [6.45, 7) is 3.43. The van der Waals surface area contributed by atoms with Crippen molar-refractivity contribution in [2.24, 2.45) is 0 Å². The zero-order chi connectivity index (χ0) is 12.8. The molecule has 1 N–H and O–H groups in total. The van der Waals surface area contributed by atoms with Gasteiger partial charge in [0.1, 0.15) is 11.9 Å². The summed E-state index contributed by atoms with van der Waals surface area (Å²) in [4.78, 5) is 0. The molecule has 1 aliphatic rings. The van der Waals surface area contributed by atoms with Gasteiger partial charge in [-0.1, -0.05) is 12.1 Å². The van der Waals surface area contributed by atoms with Crippen molar-refractivity contribution < 1.29 is 14.6 Å². The molecule has 3 nitrogen and oxygen atoms in total. The van der Waals surface area contributed by atoms with Crippen LogP contribution in [0.15, 0.2) is 24.3 Å². The molecule has 0 radical (unpaired) electrons. The average molecular weight is 250 g/mol. The highest BCUT2D eigenvalue weighted by atomic mass is 16.5. The summed E-state index contributed by atoms with van der Waals surface area (Å²) < 4.78 is 11.2. The Labute approximate surface area is 109 Å². The van der Waals surface area contributed by atoms with Crippen LogP contribution in [0.4, 0.5) is 0 Å². The number of hydrogen-bond donors (Lipinski definition) is 1. The third kappa shape index (κ3) is 4.31. The largest absolute Gasteiger partial charge is 0.490 e. The quantitative estimate of drug-likeness (QED) is 0.873. The predicted molar refractivity (Wildman–Crippen MR) is 70.9 cm³/mol. The van der Waals surface area contributed by atoms with E-state index in [9.17, 15) is 5.11 Å². The molecule has 0 saturated carbocycles. The van der Waals surface area contributed by atoms with Crippen molar-refractivity contribution in [2.75, 3.05) is 13.2 Å². The highest BCUT2D eigenvalue weighted by Gasteiger charge is 2.14. The van der Waals surface area contributed by atoms with E-state index in [1.807, 2.05) is 19.1 Å². The van der Waals surface area contributed by atoms with Gasteiger partial charge in [-0.05, 0) is 37.5 Å². The van der Waals surface area contributed by atoms with E-state index < -0.39 is 0 Å². The smallest absolute Gasteiger partial charge is 0.119 e. The van der Waals surface area contributed by atoms with Gasteiger partial charge in [0.05, 0.1) is 19.3 Å². The average Bonchev–Trinajstić information content (AvgIpc) is 2.39. The molecule has 0 spiro atoms. The molecule has 1 aromatic carbocycles. The van der Waals surface area contributed by atoms with E-state index in [2.05, 4.69) is 12.1 Å². The summed E-state index contributed by atoms with van der Waals surface area (Å²) in [7, 11) is 0. The van der Waals surface area contributed by atoms with E-state index in [0.29, 0.717) is 6.10 Å². The summed E-state index contributed by atoms with van der Waals surface area (Å²) in [6.07, 6.45) is 3.73. The monoisotopic (exact) mass is 250 g/mol. The lowest BCUT2D eigenvalue weighted by molar-refractivity contribution is 0.0255. The second-order valence-electron chi connectivity index (χ2n) is 4.96. The first-order valence-electron chi connectivity index (χ1n) is 6.75. The number of aliphatic hydroxyl groups is 1. The van der Waals surface area contributed by atoms with Crippen molar-refractivity contribution in [1.29, 1.82) is 0 Å². The van der Waals surface area contributed by atoms with E-state index >= 15 is 0 Å². The highest BCUT2D eigenvalue weighted by molar-refractivity contribution is 5.27.